The minimum absolute atomic E-state index is 0.0569. The Hall–Kier alpha value is 0.160. The molecule has 3 aliphatic rings. The monoisotopic (exact) mass is 391 g/mol. The molecule has 0 spiro atoms. The van der Waals surface area contributed by atoms with Crippen LogP contribution in [0.2, 0.25) is 0 Å². The number of aliphatic hydroxyl groups excluding tert-OH is 2. The molecular weight excluding hydrogens is 361 g/mol. The van der Waals surface area contributed by atoms with Crippen molar-refractivity contribution in [3.63, 3.8) is 0 Å². The van der Waals surface area contributed by atoms with Crippen molar-refractivity contribution < 1.29 is 15.1 Å². The molecule has 0 amide bonds. The second-order valence-corrected chi connectivity index (χ2v) is 9.81. The molecule has 0 aromatic carbocycles. The van der Waals surface area contributed by atoms with E-state index in [-0.39, 0.29) is 41.5 Å². The van der Waals surface area contributed by atoms with Gasteiger partial charge in [0.25, 0.3) is 0 Å². The normalized spacial score (nSPS) is 47.6. The molecule has 3 aliphatic carbocycles. The largest absolute Gasteiger partial charge is 0.396 e. The predicted octanol–water partition coefficient (Wildman–Crippen LogP) is 3.92. The first-order chi connectivity index (χ1) is 11.8. The van der Waals surface area contributed by atoms with Crippen LogP contribution in [0.15, 0.2) is 10.1 Å². The molecule has 2 unspecified atom stereocenters. The summed E-state index contributed by atoms with van der Waals surface area (Å²) in [7, 11) is 0. The zero-order valence-corrected chi connectivity index (χ0v) is 16.7. The van der Waals surface area contributed by atoms with Crippen LogP contribution in [0.25, 0.3) is 0 Å². The van der Waals surface area contributed by atoms with Crippen molar-refractivity contribution in [1.29, 1.82) is 0 Å². The van der Waals surface area contributed by atoms with E-state index < -0.39 is 0 Å². The number of nitrogens with two attached hydrogens (primary N) is 1. The number of hydrogen-bond donors (Lipinski definition) is 3. The van der Waals surface area contributed by atoms with Crippen LogP contribution in [0.4, 0.5) is 0 Å². The van der Waals surface area contributed by atoms with Crippen molar-refractivity contribution in [1.82, 2.24) is 0 Å². The highest BCUT2D eigenvalue weighted by molar-refractivity contribution is 6.56. The smallest absolute Gasteiger partial charge is 0.106 e. The van der Waals surface area contributed by atoms with E-state index in [1.54, 1.807) is 0 Å². The Morgan fingerprint density at radius 1 is 1.20 bits per heavy atom. The fraction of sp³-hybridized carbons (Fsp3) is 0.895. The summed E-state index contributed by atoms with van der Waals surface area (Å²) in [6, 6.07) is 0. The van der Waals surface area contributed by atoms with Crippen LogP contribution in [0.1, 0.15) is 58.8 Å². The molecule has 0 aliphatic heterocycles. The van der Waals surface area contributed by atoms with Crippen LogP contribution < -0.4 is 5.90 Å². The van der Waals surface area contributed by atoms with Gasteiger partial charge in [0, 0.05) is 6.61 Å². The predicted molar refractivity (Wildman–Crippen MR) is 99.9 cm³/mol. The summed E-state index contributed by atoms with van der Waals surface area (Å²) in [6.45, 7) is 4.59. The molecular formula is C19H31Cl2NO3. The molecule has 25 heavy (non-hydrogen) atoms. The second-order valence-electron chi connectivity index (χ2n) is 8.86. The average molecular weight is 392 g/mol. The van der Waals surface area contributed by atoms with E-state index in [1.165, 1.54) is 0 Å². The lowest BCUT2D eigenvalue weighted by Gasteiger charge is -2.55. The highest BCUT2D eigenvalue weighted by Gasteiger charge is 2.58. The molecule has 0 aromatic rings. The van der Waals surface area contributed by atoms with Crippen molar-refractivity contribution in [3.05, 3.63) is 10.1 Å². The Morgan fingerprint density at radius 3 is 2.52 bits per heavy atom. The fourth-order valence-corrected chi connectivity index (χ4v) is 6.89. The molecule has 4 N–H and O–H groups in total. The van der Waals surface area contributed by atoms with E-state index in [0.29, 0.717) is 16.8 Å². The lowest BCUT2D eigenvalue weighted by atomic mass is 9.52. The first-order valence-corrected chi connectivity index (χ1v) is 10.2. The molecule has 0 heterocycles. The average Bonchev–Trinajstić information content (AvgIpc) is 2.93. The Morgan fingerprint density at radius 2 is 1.92 bits per heavy atom. The van der Waals surface area contributed by atoms with Gasteiger partial charge in [0.1, 0.15) is 4.49 Å². The van der Waals surface area contributed by atoms with Crippen molar-refractivity contribution in [2.45, 2.75) is 71.0 Å². The maximum absolute atomic E-state index is 10.0. The van der Waals surface area contributed by atoms with Gasteiger partial charge in [-0.2, -0.15) is 0 Å². The minimum Gasteiger partial charge on any atom is -0.396 e. The first kappa shape index (κ1) is 19.9. The van der Waals surface area contributed by atoms with Crippen LogP contribution in [0.5, 0.6) is 0 Å². The van der Waals surface area contributed by atoms with Crippen molar-refractivity contribution >= 4 is 23.2 Å². The van der Waals surface area contributed by atoms with Crippen LogP contribution in [-0.2, 0) is 4.84 Å². The molecule has 3 rings (SSSR count). The molecule has 3 fully saturated rings. The zero-order valence-electron chi connectivity index (χ0n) is 15.2. The van der Waals surface area contributed by atoms with Gasteiger partial charge in [0.15, 0.2) is 0 Å². The summed E-state index contributed by atoms with van der Waals surface area (Å²) in [6.07, 6.45) is 5.81. The van der Waals surface area contributed by atoms with E-state index in [2.05, 4.69) is 13.8 Å². The molecule has 3 saturated carbocycles. The van der Waals surface area contributed by atoms with Gasteiger partial charge in [0.2, 0.25) is 0 Å². The van der Waals surface area contributed by atoms with Crippen molar-refractivity contribution in [3.8, 4) is 0 Å². The van der Waals surface area contributed by atoms with Gasteiger partial charge in [-0.3, -0.25) is 0 Å². The van der Waals surface area contributed by atoms with Crippen LogP contribution >= 0.6 is 23.2 Å². The maximum Gasteiger partial charge on any atom is 0.106 e. The number of hydrogen-bond acceptors (Lipinski definition) is 4. The lowest BCUT2D eigenvalue weighted by molar-refractivity contribution is -0.151. The Balaban J connectivity index is 1.91. The molecule has 0 aromatic heterocycles. The number of fused-ring (bicyclic) bond motifs is 1. The number of rotatable bonds is 3. The summed E-state index contributed by atoms with van der Waals surface area (Å²) in [5, 5.41) is 20.0. The Bertz CT molecular complexity index is 539. The van der Waals surface area contributed by atoms with Crippen molar-refractivity contribution in [2.75, 3.05) is 6.61 Å². The summed E-state index contributed by atoms with van der Waals surface area (Å²) in [5.41, 5.74) is 1.01. The lowest BCUT2D eigenvalue weighted by Crippen LogP contribution is -2.54. The SMILES string of the molecule is C[C@]12CCC([C@@]3(C)CC[C@H](O)C[C@@H]3CO)[C@@H](ON)C1CCC2=C(Cl)Cl. The van der Waals surface area contributed by atoms with Gasteiger partial charge >= 0.3 is 0 Å². The van der Waals surface area contributed by atoms with E-state index in [1.807, 2.05) is 0 Å². The van der Waals surface area contributed by atoms with E-state index >= 15 is 0 Å². The molecule has 0 radical (unpaired) electrons. The van der Waals surface area contributed by atoms with E-state index in [9.17, 15) is 10.2 Å². The number of halogens is 2. The molecule has 6 heteroatoms. The van der Waals surface area contributed by atoms with E-state index in [0.717, 1.165) is 44.1 Å². The third kappa shape index (κ3) is 3.17. The summed E-state index contributed by atoms with van der Waals surface area (Å²) >= 11 is 12.3. The topological polar surface area (TPSA) is 75.7 Å². The molecule has 7 atom stereocenters. The zero-order chi connectivity index (χ0) is 18.4. The summed E-state index contributed by atoms with van der Waals surface area (Å²) < 4.78 is 0.402. The quantitative estimate of drug-likeness (QED) is 0.637. The number of allylic oxidation sites excluding steroid dienone is 1. The molecule has 0 bridgehead atoms. The van der Waals surface area contributed by atoms with E-state index in [4.69, 9.17) is 33.9 Å². The highest BCUT2D eigenvalue weighted by Crippen LogP contribution is 2.62. The molecule has 144 valence electrons. The van der Waals surface area contributed by atoms with Gasteiger partial charge < -0.3 is 15.1 Å². The van der Waals surface area contributed by atoms with Crippen molar-refractivity contribution in [2.24, 2.45) is 34.5 Å². The van der Waals surface area contributed by atoms with Gasteiger partial charge in [-0.15, -0.1) is 0 Å². The summed E-state index contributed by atoms with van der Waals surface area (Å²) in [4.78, 5) is 5.60. The number of aliphatic hydroxyl groups is 2. The van der Waals surface area contributed by atoms with Crippen LogP contribution in [-0.4, -0.2) is 29.0 Å². The third-order valence-electron chi connectivity index (χ3n) is 7.94. The fourth-order valence-electron chi connectivity index (χ4n) is 6.26. The third-order valence-corrected chi connectivity index (χ3v) is 8.40. The summed E-state index contributed by atoms with van der Waals surface area (Å²) in [5.74, 6) is 6.46. The molecule has 4 nitrogen and oxygen atoms in total. The van der Waals surface area contributed by atoms with Gasteiger partial charge in [-0.05, 0) is 79.1 Å². The Labute approximate surface area is 160 Å². The van der Waals surface area contributed by atoms with Crippen LogP contribution in [0, 0.1) is 28.6 Å². The molecule has 0 saturated heterocycles. The first-order valence-electron chi connectivity index (χ1n) is 9.47. The van der Waals surface area contributed by atoms with Gasteiger partial charge in [-0.1, -0.05) is 37.0 Å². The second kappa shape index (κ2) is 7.29. The maximum atomic E-state index is 10.0. The Kier molecular flexibility index (Phi) is 5.81. The standard InChI is InChI=1S/C19H31Cl2NO3/c1-18(7-5-12(24)9-11(18)10-23)14-6-8-19(2)13(16(14)25-22)3-4-15(19)17(20)21/h11-14,16,23-24H,3-10,22H2,1-2H3/t11-,12+,13?,14?,16+,18+,19+/m1/s1. The highest BCUT2D eigenvalue weighted by atomic mass is 35.5. The minimum atomic E-state index is -0.313. The van der Waals surface area contributed by atoms with Crippen LogP contribution in [0.3, 0.4) is 0 Å². The van der Waals surface area contributed by atoms with Gasteiger partial charge in [-0.25, -0.2) is 5.90 Å². The van der Waals surface area contributed by atoms with Gasteiger partial charge in [0.05, 0.1) is 12.2 Å².